The van der Waals surface area contributed by atoms with Crippen LogP contribution in [0.3, 0.4) is 0 Å². The number of nitrogens with zero attached hydrogens (tertiary/aromatic N) is 3. The van der Waals surface area contributed by atoms with E-state index < -0.39 is 0 Å². The molecule has 1 unspecified atom stereocenters. The second-order valence-electron chi connectivity index (χ2n) is 6.04. The Morgan fingerprint density at radius 3 is 2.61 bits per heavy atom. The Kier molecular flexibility index (Phi) is 4.41. The Balaban J connectivity index is 2.02. The fourth-order valence-electron chi connectivity index (χ4n) is 2.86. The molecule has 2 N–H and O–H groups in total. The number of hydrogen-bond donors (Lipinski definition) is 1. The van der Waals surface area contributed by atoms with Gasteiger partial charge in [-0.3, -0.25) is 0 Å². The van der Waals surface area contributed by atoms with Crippen LogP contribution in [0.4, 0.5) is 4.39 Å². The minimum atomic E-state index is -0.228. The molecule has 4 nitrogen and oxygen atoms in total. The monoisotopic (exact) mass is 312 g/mol. The number of imidazole rings is 1. The molecule has 0 radical (unpaired) electrons. The molecule has 0 bridgehead atoms. The number of rotatable bonds is 5. The molecule has 0 amide bonds. The number of nitrogens with two attached hydrogens (primary N) is 1. The van der Waals surface area contributed by atoms with E-state index in [1.165, 1.54) is 12.1 Å². The van der Waals surface area contributed by atoms with Gasteiger partial charge in [-0.05, 0) is 43.9 Å². The molecule has 2 aromatic heterocycles. The van der Waals surface area contributed by atoms with Crippen LogP contribution >= 0.6 is 0 Å². The lowest BCUT2D eigenvalue weighted by Gasteiger charge is -2.18. The van der Waals surface area contributed by atoms with Gasteiger partial charge in [0.2, 0.25) is 0 Å². The first-order valence-corrected chi connectivity index (χ1v) is 7.65. The average Bonchev–Trinajstić information content (AvgIpc) is 2.86. The zero-order valence-corrected chi connectivity index (χ0v) is 13.4. The van der Waals surface area contributed by atoms with Gasteiger partial charge in [-0.2, -0.15) is 0 Å². The first-order chi connectivity index (χ1) is 11.0. The smallest absolute Gasteiger partial charge is 0.137 e. The number of halogens is 1. The lowest BCUT2D eigenvalue weighted by molar-refractivity contribution is 0.372. The summed E-state index contributed by atoms with van der Waals surface area (Å²) >= 11 is 0. The van der Waals surface area contributed by atoms with E-state index in [-0.39, 0.29) is 11.9 Å². The summed E-state index contributed by atoms with van der Waals surface area (Å²) in [6, 6.07) is 12.3. The molecule has 3 aromatic rings. The highest BCUT2D eigenvalue weighted by Gasteiger charge is 2.19. The summed E-state index contributed by atoms with van der Waals surface area (Å²) in [4.78, 5) is 6.79. The fraction of sp³-hybridized carbons (Fsp3) is 0.278. The van der Waals surface area contributed by atoms with Crippen molar-refractivity contribution in [3.63, 3.8) is 0 Å². The maximum Gasteiger partial charge on any atom is 0.137 e. The maximum absolute atomic E-state index is 13.1. The van der Waals surface area contributed by atoms with Crippen molar-refractivity contribution in [3.05, 3.63) is 71.4 Å². The molecule has 3 rings (SSSR count). The molecule has 0 spiro atoms. The number of benzene rings is 1. The van der Waals surface area contributed by atoms with Crippen LogP contribution in [0.5, 0.6) is 0 Å². The van der Waals surface area contributed by atoms with Gasteiger partial charge in [0.1, 0.15) is 11.5 Å². The molecule has 0 fully saturated rings. The highest BCUT2D eigenvalue weighted by molar-refractivity contribution is 5.45. The van der Waals surface area contributed by atoms with Crippen molar-refractivity contribution >= 4 is 5.65 Å². The lowest BCUT2D eigenvalue weighted by Crippen LogP contribution is -2.27. The number of hydrogen-bond acceptors (Lipinski definition) is 3. The number of fused-ring (bicyclic) bond motifs is 1. The number of aromatic nitrogens is 2. The van der Waals surface area contributed by atoms with Crippen molar-refractivity contribution in [2.75, 3.05) is 20.6 Å². The van der Waals surface area contributed by atoms with Crippen LogP contribution in [0.2, 0.25) is 0 Å². The SMILES string of the molecule is CN(C)CC(N)c1c(Cc2ccc(F)cc2)nc2ccccn12. The van der Waals surface area contributed by atoms with E-state index in [0.29, 0.717) is 6.42 Å². The van der Waals surface area contributed by atoms with Gasteiger partial charge < -0.3 is 15.0 Å². The van der Waals surface area contributed by atoms with Crippen molar-refractivity contribution in [2.45, 2.75) is 12.5 Å². The van der Waals surface area contributed by atoms with Gasteiger partial charge >= 0.3 is 0 Å². The molecule has 0 saturated carbocycles. The third-order valence-corrected chi connectivity index (χ3v) is 3.84. The first kappa shape index (κ1) is 15.6. The highest BCUT2D eigenvalue weighted by Crippen LogP contribution is 2.22. The summed E-state index contributed by atoms with van der Waals surface area (Å²) in [5, 5.41) is 0. The van der Waals surface area contributed by atoms with E-state index in [1.807, 2.05) is 42.9 Å². The van der Waals surface area contributed by atoms with Crippen molar-refractivity contribution in [1.82, 2.24) is 14.3 Å². The zero-order valence-electron chi connectivity index (χ0n) is 13.4. The van der Waals surface area contributed by atoms with Crippen LogP contribution in [0, 0.1) is 5.82 Å². The number of pyridine rings is 1. The van der Waals surface area contributed by atoms with Gasteiger partial charge in [-0.15, -0.1) is 0 Å². The Labute approximate surface area is 135 Å². The Morgan fingerprint density at radius 1 is 1.17 bits per heavy atom. The van der Waals surface area contributed by atoms with Gasteiger partial charge in [0.25, 0.3) is 0 Å². The largest absolute Gasteiger partial charge is 0.322 e. The first-order valence-electron chi connectivity index (χ1n) is 7.65. The van der Waals surface area contributed by atoms with Crippen molar-refractivity contribution in [1.29, 1.82) is 0 Å². The molecular formula is C18H21FN4. The summed E-state index contributed by atoms with van der Waals surface area (Å²) in [6.07, 6.45) is 2.62. The van der Waals surface area contributed by atoms with Crippen LogP contribution in [0.25, 0.3) is 5.65 Å². The summed E-state index contributed by atoms with van der Waals surface area (Å²) < 4.78 is 15.1. The van der Waals surface area contributed by atoms with E-state index in [1.54, 1.807) is 12.1 Å². The minimum absolute atomic E-state index is 0.141. The van der Waals surface area contributed by atoms with E-state index in [2.05, 4.69) is 4.90 Å². The van der Waals surface area contributed by atoms with Crippen LogP contribution in [0.15, 0.2) is 48.7 Å². The second kappa shape index (κ2) is 6.48. The summed E-state index contributed by atoms with van der Waals surface area (Å²) in [6.45, 7) is 0.735. The van der Waals surface area contributed by atoms with Crippen LogP contribution in [-0.2, 0) is 6.42 Å². The molecule has 1 aromatic carbocycles. The topological polar surface area (TPSA) is 46.6 Å². The Morgan fingerprint density at radius 2 is 1.91 bits per heavy atom. The Bertz CT molecular complexity index is 792. The van der Waals surface area contributed by atoms with E-state index in [0.717, 1.165) is 29.1 Å². The van der Waals surface area contributed by atoms with Crippen molar-refractivity contribution in [3.8, 4) is 0 Å². The molecule has 0 aliphatic rings. The predicted octanol–water partition coefficient (Wildman–Crippen LogP) is 2.63. The molecule has 5 heteroatoms. The van der Waals surface area contributed by atoms with Gasteiger partial charge in [0.05, 0.1) is 17.4 Å². The molecule has 120 valence electrons. The molecule has 23 heavy (non-hydrogen) atoms. The number of likely N-dealkylation sites (N-methyl/N-ethyl adjacent to an activating group) is 1. The van der Waals surface area contributed by atoms with E-state index in [4.69, 9.17) is 10.7 Å². The standard InChI is InChI=1S/C18H21FN4/c1-22(2)12-15(20)18-16(11-13-6-8-14(19)9-7-13)21-17-5-3-4-10-23(17)18/h3-10,15H,11-12,20H2,1-2H3. The highest BCUT2D eigenvalue weighted by atomic mass is 19.1. The van der Waals surface area contributed by atoms with Crippen LogP contribution in [0.1, 0.15) is 23.0 Å². The van der Waals surface area contributed by atoms with E-state index in [9.17, 15) is 4.39 Å². The molecule has 0 aliphatic carbocycles. The zero-order chi connectivity index (χ0) is 16.4. The van der Waals surface area contributed by atoms with Gasteiger partial charge in [0, 0.05) is 19.2 Å². The summed E-state index contributed by atoms with van der Waals surface area (Å²) in [5.41, 5.74) is 10.3. The summed E-state index contributed by atoms with van der Waals surface area (Å²) in [7, 11) is 4.01. The predicted molar refractivity (Wildman–Crippen MR) is 89.9 cm³/mol. The van der Waals surface area contributed by atoms with Crippen LogP contribution in [-0.4, -0.2) is 34.9 Å². The van der Waals surface area contributed by atoms with Gasteiger partial charge in [-0.1, -0.05) is 18.2 Å². The van der Waals surface area contributed by atoms with Gasteiger partial charge in [0.15, 0.2) is 0 Å². The lowest BCUT2D eigenvalue weighted by atomic mass is 10.1. The fourth-order valence-corrected chi connectivity index (χ4v) is 2.86. The third-order valence-electron chi connectivity index (χ3n) is 3.84. The summed E-state index contributed by atoms with van der Waals surface area (Å²) in [5.74, 6) is -0.228. The maximum atomic E-state index is 13.1. The molecule has 0 saturated heterocycles. The Hall–Kier alpha value is -2.24. The molecule has 1 atom stereocenters. The molecule has 0 aliphatic heterocycles. The normalized spacial score (nSPS) is 12.9. The third kappa shape index (κ3) is 3.41. The van der Waals surface area contributed by atoms with Crippen molar-refractivity contribution in [2.24, 2.45) is 5.73 Å². The van der Waals surface area contributed by atoms with Crippen molar-refractivity contribution < 1.29 is 4.39 Å². The minimum Gasteiger partial charge on any atom is -0.322 e. The van der Waals surface area contributed by atoms with Gasteiger partial charge in [-0.25, -0.2) is 9.37 Å². The molecule has 2 heterocycles. The second-order valence-corrected chi connectivity index (χ2v) is 6.04. The molecular weight excluding hydrogens is 291 g/mol. The average molecular weight is 312 g/mol. The van der Waals surface area contributed by atoms with E-state index >= 15 is 0 Å². The quantitative estimate of drug-likeness (QED) is 0.788. The van der Waals surface area contributed by atoms with Crippen LogP contribution < -0.4 is 5.73 Å².